The second-order valence-electron chi connectivity index (χ2n) is 5.28. The van der Waals surface area contributed by atoms with Crippen molar-refractivity contribution in [2.75, 3.05) is 0 Å². The zero-order valence-corrected chi connectivity index (χ0v) is 11.5. The van der Waals surface area contributed by atoms with Crippen LogP contribution in [0.4, 0.5) is 0 Å². The highest BCUT2D eigenvalue weighted by molar-refractivity contribution is 6.29. The van der Waals surface area contributed by atoms with Crippen molar-refractivity contribution in [3.8, 4) is 0 Å². The van der Waals surface area contributed by atoms with Gasteiger partial charge < -0.3 is 0 Å². The van der Waals surface area contributed by atoms with E-state index < -0.39 is 0 Å². The Morgan fingerprint density at radius 2 is 1.05 bits per heavy atom. The molecular formula is C19H10O3. The summed E-state index contributed by atoms with van der Waals surface area (Å²) in [6.45, 7) is 0. The van der Waals surface area contributed by atoms with Crippen molar-refractivity contribution in [1.82, 2.24) is 0 Å². The van der Waals surface area contributed by atoms with Gasteiger partial charge in [-0.1, -0.05) is 42.5 Å². The first kappa shape index (κ1) is 12.7. The van der Waals surface area contributed by atoms with Gasteiger partial charge in [0.25, 0.3) is 0 Å². The fourth-order valence-electron chi connectivity index (χ4n) is 3.35. The molecule has 4 aromatic rings. The quantitative estimate of drug-likeness (QED) is 0.422. The van der Waals surface area contributed by atoms with Crippen molar-refractivity contribution in [3.05, 3.63) is 59.2 Å². The second kappa shape index (κ2) is 4.46. The zero-order valence-electron chi connectivity index (χ0n) is 11.5. The molecule has 0 spiro atoms. The summed E-state index contributed by atoms with van der Waals surface area (Å²) in [4.78, 5) is 34.5. The molecule has 3 heteroatoms. The highest BCUT2D eigenvalue weighted by Crippen LogP contribution is 2.38. The van der Waals surface area contributed by atoms with Crippen LogP contribution in [-0.2, 0) is 0 Å². The minimum absolute atomic E-state index is 0.163. The number of benzene rings is 4. The molecule has 0 aliphatic carbocycles. The summed E-state index contributed by atoms with van der Waals surface area (Å²) >= 11 is 0. The molecule has 4 rings (SSSR count). The van der Waals surface area contributed by atoms with E-state index in [1.54, 1.807) is 0 Å². The average Bonchev–Trinajstić information content (AvgIpc) is 2.58. The lowest BCUT2D eigenvalue weighted by Gasteiger charge is -2.15. The van der Waals surface area contributed by atoms with Crippen molar-refractivity contribution in [1.29, 1.82) is 0 Å². The molecule has 0 atom stereocenters. The molecule has 0 saturated heterocycles. The third-order valence-corrected chi connectivity index (χ3v) is 4.29. The first-order valence-corrected chi connectivity index (χ1v) is 6.89. The van der Waals surface area contributed by atoms with Crippen LogP contribution >= 0.6 is 0 Å². The van der Waals surface area contributed by atoms with Gasteiger partial charge in [-0.3, -0.25) is 14.4 Å². The van der Waals surface area contributed by atoms with Gasteiger partial charge in [0.1, 0.15) is 0 Å². The number of aldehydes is 3. The third-order valence-electron chi connectivity index (χ3n) is 4.29. The van der Waals surface area contributed by atoms with E-state index in [0.717, 1.165) is 21.5 Å². The first-order chi connectivity index (χ1) is 10.8. The molecule has 0 bridgehead atoms. The maximum absolute atomic E-state index is 11.5. The molecular weight excluding hydrogens is 276 g/mol. The number of rotatable bonds is 3. The summed E-state index contributed by atoms with van der Waals surface area (Å²) in [5, 5.41) is 5.39. The van der Waals surface area contributed by atoms with Crippen LogP contribution in [0.3, 0.4) is 0 Å². The second-order valence-corrected chi connectivity index (χ2v) is 5.28. The van der Waals surface area contributed by atoms with E-state index in [9.17, 15) is 14.4 Å². The lowest BCUT2D eigenvalue weighted by atomic mass is 9.87. The van der Waals surface area contributed by atoms with Gasteiger partial charge in [-0.05, 0) is 32.3 Å². The highest BCUT2D eigenvalue weighted by atomic mass is 16.1. The maximum Gasteiger partial charge on any atom is 0.151 e. The Bertz CT molecular complexity index is 1000. The fraction of sp³-hybridized carbons (Fsp3) is 0. The Labute approximate surface area is 125 Å². The summed E-state index contributed by atoms with van der Waals surface area (Å²) < 4.78 is 0. The molecule has 0 amide bonds. The van der Waals surface area contributed by atoms with E-state index in [0.29, 0.717) is 29.6 Å². The van der Waals surface area contributed by atoms with Crippen LogP contribution in [0.2, 0.25) is 0 Å². The van der Waals surface area contributed by atoms with E-state index in [2.05, 4.69) is 0 Å². The van der Waals surface area contributed by atoms with Crippen LogP contribution in [0, 0.1) is 0 Å². The Hall–Kier alpha value is -3.07. The van der Waals surface area contributed by atoms with Gasteiger partial charge in [0.05, 0.1) is 0 Å². The maximum atomic E-state index is 11.5. The van der Waals surface area contributed by atoms with Crippen molar-refractivity contribution >= 4 is 51.2 Å². The average molecular weight is 286 g/mol. The number of hydrogen-bond donors (Lipinski definition) is 0. The summed E-state index contributed by atoms with van der Waals surface area (Å²) in [6, 6.07) is 13.5. The molecule has 0 fully saturated rings. The van der Waals surface area contributed by atoms with Crippen molar-refractivity contribution in [2.45, 2.75) is 0 Å². The van der Waals surface area contributed by atoms with E-state index in [1.807, 2.05) is 42.5 Å². The first-order valence-electron chi connectivity index (χ1n) is 6.89. The molecule has 0 aliphatic rings. The molecule has 0 saturated carbocycles. The highest BCUT2D eigenvalue weighted by Gasteiger charge is 2.18. The lowest BCUT2D eigenvalue weighted by Crippen LogP contribution is -2.01. The standard InChI is InChI=1S/C19H10O3/c20-8-15-13-6-4-11-2-1-3-12-5-7-14(19(13)18(11)12)16(9-21)17(15)10-22/h1-10H. The van der Waals surface area contributed by atoms with Crippen LogP contribution in [-0.4, -0.2) is 18.9 Å². The topological polar surface area (TPSA) is 51.2 Å². The summed E-state index contributed by atoms with van der Waals surface area (Å²) in [6.07, 6.45) is 1.90. The van der Waals surface area contributed by atoms with E-state index >= 15 is 0 Å². The molecule has 0 radical (unpaired) electrons. The molecule has 4 aromatic carbocycles. The predicted octanol–water partition coefficient (Wildman–Crippen LogP) is 4.02. The van der Waals surface area contributed by atoms with Gasteiger partial charge in [-0.2, -0.15) is 0 Å². The van der Waals surface area contributed by atoms with E-state index in [-0.39, 0.29) is 16.7 Å². The summed E-state index contributed by atoms with van der Waals surface area (Å²) in [5.74, 6) is 0. The van der Waals surface area contributed by atoms with Gasteiger partial charge in [-0.25, -0.2) is 0 Å². The van der Waals surface area contributed by atoms with Gasteiger partial charge in [0.2, 0.25) is 0 Å². The molecule has 3 nitrogen and oxygen atoms in total. The SMILES string of the molecule is O=Cc1c(C=O)c2ccc3cccc4ccc(c1C=O)c2c34. The Balaban J connectivity index is 2.45. The fourth-order valence-corrected chi connectivity index (χ4v) is 3.35. The van der Waals surface area contributed by atoms with Crippen molar-refractivity contribution in [2.24, 2.45) is 0 Å². The van der Waals surface area contributed by atoms with Gasteiger partial charge in [-0.15, -0.1) is 0 Å². The van der Waals surface area contributed by atoms with Crippen molar-refractivity contribution in [3.63, 3.8) is 0 Å². The third kappa shape index (κ3) is 1.42. The molecule has 22 heavy (non-hydrogen) atoms. The normalized spacial score (nSPS) is 11.3. The number of hydrogen-bond acceptors (Lipinski definition) is 3. The van der Waals surface area contributed by atoms with Gasteiger partial charge >= 0.3 is 0 Å². The monoisotopic (exact) mass is 286 g/mol. The summed E-state index contributed by atoms with van der Waals surface area (Å²) in [7, 11) is 0. The van der Waals surface area contributed by atoms with Crippen LogP contribution in [0.1, 0.15) is 31.1 Å². The Kier molecular flexibility index (Phi) is 2.57. The zero-order chi connectivity index (χ0) is 15.3. The smallest absolute Gasteiger partial charge is 0.151 e. The molecule has 104 valence electrons. The van der Waals surface area contributed by atoms with E-state index in [4.69, 9.17) is 0 Å². The molecule has 0 heterocycles. The summed E-state index contributed by atoms with van der Waals surface area (Å²) in [5.41, 5.74) is 0.724. The molecule has 0 unspecified atom stereocenters. The van der Waals surface area contributed by atoms with Crippen LogP contribution < -0.4 is 0 Å². The number of carbonyl (C=O) groups is 3. The minimum Gasteiger partial charge on any atom is -0.298 e. The molecule has 0 aliphatic heterocycles. The molecule has 0 aromatic heterocycles. The van der Waals surface area contributed by atoms with Crippen molar-refractivity contribution < 1.29 is 14.4 Å². The minimum atomic E-state index is 0.163. The number of carbonyl (C=O) groups excluding carboxylic acids is 3. The van der Waals surface area contributed by atoms with Crippen LogP contribution in [0.15, 0.2) is 42.5 Å². The Morgan fingerprint density at radius 3 is 1.50 bits per heavy atom. The van der Waals surface area contributed by atoms with Gasteiger partial charge in [0.15, 0.2) is 18.9 Å². The predicted molar refractivity (Wildman–Crippen MR) is 86.3 cm³/mol. The molecule has 0 N–H and O–H groups in total. The van der Waals surface area contributed by atoms with Crippen LogP contribution in [0.25, 0.3) is 32.3 Å². The van der Waals surface area contributed by atoms with Gasteiger partial charge in [0, 0.05) is 16.7 Å². The van der Waals surface area contributed by atoms with E-state index in [1.165, 1.54) is 0 Å². The lowest BCUT2D eigenvalue weighted by molar-refractivity contribution is 0.108. The largest absolute Gasteiger partial charge is 0.298 e. The van der Waals surface area contributed by atoms with Crippen LogP contribution in [0.5, 0.6) is 0 Å². The Morgan fingerprint density at radius 1 is 0.545 bits per heavy atom.